The fourth-order valence-electron chi connectivity index (χ4n) is 2.31. The maximum atomic E-state index is 11.7. The first kappa shape index (κ1) is 15.1. The quantitative estimate of drug-likeness (QED) is 0.706. The topological polar surface area (TPSA) is 93.5 Å². The van der Waals surface area contributed by atoms with Crippen molar-refractivity contribution in [2.24, 2.45) is 5.92 Å². The van der Waals surface area contributed by atoms with Gasteiger partial charge in [-0.2, -0.15) is 0 Å². The molecular weight excluding hydrogens is 278 g/mol. The van der Waals surface area contributed by atoms with Crippen LogP contribution in [0.3, 0.4) is 0 Å². The van der Waals surface area contributed by atoms with Crippen molar-refractivity contribution in [2.75, 3.05) is 31.2 Å². The average Bonchev–Trinajstić information content (AvgIpc) is 2.81. The summed E-state index contributed by atoms with van der Waals surface area (Å²) in [4.78, 5) is 0.100. The molecule has 2 unspecified atom stereocenters. The molecule has 1 aliphatic heterocycles. The van der Waals surface area contributed by atoms with Gasteiger partial charge in [0.15, 0.2) is 0 Å². The van der Waals surface area contributed by atoms with Crippen LogP contribution in [0.25, 0.3) is 0 Å². The number of hydrogen-bond donors (Lipinski definition) is 3. The molecule has 20 heavy (non-hydrogen) atoms. The van der Waals surface area contributed by atoms with Crippen LogP contribution in [0.1, 0.15) is 13.3 Å². The third kappa shape index (κ3) is 3.23. The minimum Gasteiger partial charge on any atom is -0.398 e. The molecule has 2 rings (SSSR count). The summed E-state index contributed by atoms with van der Waals surface area (Å²) in [5, 5.41) is 3.28. The van der Waals surface area contributed by atoms with E-state index in [4.69, 9.17) is 10.5 Å². The molecule has 4 N–H and O–H groups in total. The van der Waals surface area contributed by atoms with Crippen molar-refractivity contribution in [3.05, 3.63) is 18.2 Å². The molecule has 0 saturated carbocycles. The van der Waals surface area contributed by atoms with Crippen molar-refractivity contribution in [1.29, 1.82) is 0 Å². The number of sulfonamides is 1. The van der Waals surface area contributed by atoms with Gasteiger partial charge >= 0.3 is 0 Å². The van der Waals surface area contributed by atoms with E-state index in [2.05, 4.69) is 17.0 Å². The van der Waals surface area contributed by atoms with Crippen LogP contribution in [0, 0.1) is 5.92 Å². The van der Waals surface area contributed by atoms with Gasteiger partial charge in [-0.3, -0.25) is 0 Å². The minimum atomic E-state index is -3.51. The summed E-state index contributed by atoms with van der Waals surface area (Å²) < 4.78 is 31.2. The number of ether oxygens (including phenoxy) is 1. The van der Waals surface area contributed by atoms with E-state index in [0.717, 1.165) is 25.3 Å². The van der Waals surface area contributed by atoms with Gasteiger partial charge in [-0.15, -0.1) is 0 Å². The van der Waals surface area contributed by atoms with Crippen LogP contribution in [0.5, 0.6) is 0 Å². The Bertz CT molecular complexity index is 574. The molecule has 0 aliphatic carbocycles. The predicted octanol–water partition coefficient (Wildman–Crippen LogP) is 1.01. The second-order valence-corrected chi connectivity index (χ2v) is 6.82. The molecule has 7 heteroatoms. The van der Waals surface area contributed by atoms with E-state index in [1.807, 2.05) is 0 Å². The Morgan fingerprint density at radius 3 is 2.75 bits per heavy atom. The van der Waals surface area contributed by atoms with Gasteiger partial charge in [0.1, 0.15) is 4.90 Å². The first-order valence-corrected chi connectivity index (χ1v) is 8.11. The number of hydrogen-bond acceptors (Lipinski definition) is 5. The highest BCUT2D eigenvalue weighted by atomic mass is 32.2. The van der Waals surface area contributed by atoms with E-state index in [-0.39, 0.29) is 16.7 Å². The lowest BCUT2D eigenvalue weighted by Crippen LogP contribution is -2.21. The first-order valence-electron chi connectivity index (χ1n) is 6.62. The Hall–Kier alpha value is -1.31. The second-order valence-electron chi connectivity index (χ2n) is 4.97. The molecule has 2 atom stereocenters. The molecule has 1 aliphatic rings. The Labute approximate surface area is 119 Å². The van der Waals surface area contributed by atoms with E-state index in [1.165, 1.54) is 13.1 Å². The molecule has 0 aromatic heterocycles. The van der Waals surface area contributed by atoms with Crippen LogP contribution >= 0.6 is 0 Å². The number of nitrogen functional groups attached to an aromatic ring is 1. The molecule has 0 radical (unpaired) electrons. The molecule has 1 aromatic carbocycles. The monoisotopic (exact) mass is 299 g/mol. The van der Waals surface area contributed by atoms with Gasteiger partial charge in [-0.05, 0) is 38.6 Å². The molecule has 0 spiro atoms. The molecular formula is C13H21N3O3S. The largest absolute Gasteiger partial charge is 0.398 e. The summed E-state index contributed by atoms with van der Waals surface area (Å²) in [7, 11) is -2.14. The van der Waals surface area contributed by atoms with Crippen LogP contribution in [-0.4, -0.2) is 34.7 Å². The molecule has 1 saturated heterocycles. The number of benzene rings is 1. The van der Waals surface area contributed by atoms with Crippen LogP contribution in [0.2, 0.25) is 0 Å². The molecule has 1 fully saturated rings. The summed E-state index contributed by atoms with van der Waals surface area (Å²) in [5.74, 6) is 0.469. The van der Waals surface area contributed by atoms with E-state index < -0.39 is 10.0 Å². The van der Waals surface area contributed by atoms with Crippen LogP contribution in [0.4, 0.5) is 11.4 Å². The third-order valence-electron chi connectivity index (χ3n) is 3.67. The summed E-state index contributed by atoms with van der Waals surface area (Å²) in [5.41, 5.74) is 6.86. The van der Waals surface area contributed by atoms with Gasteiger partial charge in [0.05, 0.1) is 11.8 Å². The van der Waals surface area contributed by atoms with E-state index in [9.17, 15) is 8.42 Å². The van der Waals surface area contributed by atoms with Gasteiger partial charge in [-0.25, -0.2) is 13.1 Å². The molecule has 1 aromatic rings. The van der Waals surface area contributed by atoms with Gasteiger partial charge in [0.25, 0.3) is 0 Å². The normalized spacial score (nSPS) is 22.9. The Morgan fingerprint density at radius 1 is 1.45 bits per heavy atom. The smallest absolute Gasteiger partial charge is 0.242 e. The molecule has 1 heterocycles. The molecule has 6 nitrogen and oxygen atoms in total. The number of nitrogens with one attached hydrogen (secondary N) is 2. The van der Waals surface area contributed by atoms with Crippen LogP contribution in [-0.2, 0) is 14.8 Å². The number of anilines is 2. The summed E-state index contributed by atoms with van der Waals surface area (Å²) >= 11 is 0. The highest BCUT2D eigenvalue weighted by molar-refractivity contribution is 7.89. The lowest BCUT2D eigenvalue weighted by Gasteiger charge is -2.16. The highest BCUT2D eigenvalue weighted by Gasteiger charge is 2.23. The SMILES string of the molecule is CNS(=O)(=O)c1ccc(NCC2CCOC2C)cc1N. The van der Waals surface area contributed by atoms with E-state index in [0.29, 0.717) is 5.92 Å². The predicted molar refractivity (Wildman–Crippen MR) is 79.1 cm³/mol. The standard InChI is InChI=1S/C13H21N3O3S/c1-9-10(5-6-19-9)8-16-11-3-4-13(12(14)7-11)20(17,18)15-2/h3-4,7,9-10,15-16H,5-6,8,14H2,1-2H3. The maximum absolute atomic E-state index is 11.7. The number of nitrogens with two attached hydrogens (primary N) is 1. The summed E-state index contributed by atoms with van der Waals surface area (Å²) in [6.07, 6.45) is 1.29. The molecule has 0 bridgehead atoms. The van der Waals surface area contributed by atoms with Crippen LogP contribution in [0.15, 0.2) is 23.1 Å². The van der Waals surface area contributed by atoms with Gasteiger partial charge < -0.3 is 15.8 Å². The Morgan fingerprint density at radius 2 is 2.20 bits per heavy atom. The Balaban J connectivity index is 2.06. The zero-order valence-electron chi connectivity index (χ0n) is 11.7. The van der Waals surface area contributed by atoms with Gasteiger partial charge in [0, 0.05) is 24.8 Å². The lowest BCUT2D eigenvalue weighted by molar-refractivity contribution is 0.108. The van der Waals surface area contributed by atoms with Crippen molar-refractivity contribution < 1.29 is 13.2 Å². The van der Waals surface area contributed by atoms with E-state index >= 15 is 0 Å². The zero-order chi connectivity index (χ0) is 14.8. The maximum Gasteiger partial charge on any atom is 0.242 e. The zero-order valence-corrected chi connectivity index (χ0v) is 12.5. The van der Waals surface area contributed by atoms with Gasteiger partial charge in [0.2, 0.25) is 10.0 Å². The van der Waals surface area contributed by atoms with Crippen molar-refractivity contribution in [3.8, 4) is 0 Å². The molecule has 112 valence electrons. The highest BCUT2D eigenvalue weighted by Crippen LogP contribution is 2.24. The summed E-state index contributed by atoms with van der Waals surface area (Å²) in [6, 6.07) is 4.88. The van der Waals surface area contributed by atoms with Gasteiger partial charge in [-0.1, -0.05) is 0 Å². The fraction of sp³-hybridized carbons (Fsp3) is 0.538. The Kier molecular flexibility index (Phi) is 4.52. The van der Waals surface area contributed by atoms with Crippen molar-refractivity contribution >= 4 is 21.4 Å². The first-order chi connectivity index (χ1) is 9.44. The van der Waals surface area contributed by atoms with E-state index in [1.54, 1.807) is 12.1 Å². The van der Waals surface area contributed by atoms with Crippen molar-refractivity contribution in [1.82, 2.24) is 4.72 Å². The summed E-state index contributed by atoms with van der Waals surface area (Å²) in [6.45, 7) is 3.66. The molecule has 0 amide bonds. The number of rotatable bonds is 5. The average molecular weight is 299 g/mol. The van der Waals surface area contributed by atoms with Crippen molar-refractivity contribution in [3.63, 3.8) is 0 Å². The second kappa shape index (κ2) is 5.99. The third-order valence-corrected chi connectivity index (χ3v) is 5.16. The lowest BCUT2D eigenvalue weighted by atomic mass is 10.0. The van der Waals surface area contributed by atoms with Crippen molar-refractivity contribution in [2.45, 2.75) is 24.3 Å². The van der Waals surface area contributed by atoms with Crippen LogP contribution < -0.4 is 15.8 Å². The minimum absolute atomic E-state index is 0.100. The fourth-order valence-corrected chi connectivity index (χ4v) is 3.14.